The number of carbonyl (C=O) groups excluding carboxylic acids is 1. The summed E-state index contributed by atoms with van der Waals surface area (Å²) in [7, 11) is 0. The van der Waals surface area contributed by atoms with Crippen molar-refractivity contribution >= 4 is 27.9 Å². The predicted octanol–water partition coefficient (Wildman–Crippen LogP) is 4.12. The first-order valence-electron chi connectivity index (χ1n) is 7.77. The summed E-state index contributed by atoms with van der Waals surface area (Å²) in [6.07, 6.45) is 5.28. The second kappa shape index (κ2) is 8.11. The van der Waals surface area contributed by atoms with Gasteiger partial charge in [0.2, 0.25) is 5.91 Å². The molecular formula is C18H22BrN3O. The Hall–Kier alpha value is -1.88. The lowest BCUT2D eigenvalue weighted by Crippen LogP contribution is -2.20. The molecule has 0 aliphatic carbocycles. The first-order valence-corrected chi connectivity index (χ1v) is 8.56. The van der Waals surface area contributed by atoms with Crippen LogP contribution in [0.5, 0.6) is 0 Å². The van der Waals surface area contributed by atoms with Crippen molar-refractivity contribution in [1.82, 2.24) is 15.1 Å². The van der Waals surface area contributed by atoms with E-state index in [1.165, 1.54) is 5.56 Å². The van der Waals surface area contributed by atoms with Crippen LogP contribution in [0, 0.1) is 0 Å². The van der Waals surface area contributed by atoms with Crippen LogP contribution in [0.3, 0.4) is 0 Å². The summed E-state index contributed by atoms with van der Waals surface area (Å²) >= 11 is 3.45. The molecule has 1 heterocycles. The van der Waals surface area contributed by atoms with E-state index >= 15 is 0 Å². The zero-order chi connectivity index (χ0) is 16.8. The van der Waals surface area contributed by atoms with E-state index in [0.717, 1.165) is 22.3 Å². The zero-order valence-electron chi connectivity index (χ0n) is 13.7. The van der Waals surface area contributed by atoms with Crippen molar-refractivity contribution in [2.24, 2.45) is 0 Å². The van der Waals surface area contributed by atoms with Crippen LogP contribution in [0.25, 0.3) is 6.08 Å². The quantitative estimate of drug-likeness (QED) is 0.771. The average Bonchev–Trinajstić information content (AvgIpc) is 2.91. The molecule has 1 aromatic heterocycles. The Kier molecular flexibility index (Phi) is 6.16. The van der Waals surface area contributed by atoms with E-state index in [2.05, 4.69) is 52.3 Å². The number of hydrogen-bond acceptors (Lipinski definition) is 2. The van der Waals surface area contributed by atoms with Crippen molar-refractivity contribution in [3.05, 3.63) is 57.8 Å². The molecule has 5 heteroatoms. The van der Waals surface area contributed by atoms with Crippen molar-refractivity contribution in [2.45, 2.75) is 39.8 Å². The molecule has 122 valence electrons. The van der Waals surface area contributed by atoms with E-state index in [9.17, 15) is 4.79 Å². The monoisotopic (exact) mass is 375 g/mol. The molecule has 2 aromatic rings. The summed E-state index contributed by atoms with van der Waals surface area (Å²) in [6.45, 7) is 7.56. The van der Waals surface area contributed by atoms with Gasteiger partial charge in [-0.2, -0.15) is 5.10 Å². The minimum Gasteiger partial charge on any atom is -0.347 e. The number of halogens is 1. The van der Waals surface area contributed by atoms with Crippen LogP contribution in [0.15, 0.2) is 41.0 Å². The highest BCUT2D eigenvalue weighted by Gasteiger charge is 2.06. The summed E-state index contributed by atoms with van der Waals surface area (Å²) in [6, 6.07) is 8.24. The van der Waals surface area contributed by atoms with Crippen LogP contribution in [0.4, 0.5) is 0 Å². The lowest BCUT2D eigenvalue weighted by atomic mass is 10.0. The Morgan fingerprint density at radius 2 is 2.04 bits per heavy atom. The lowest BCUT2D eigenvalue weighted by Gasteiger charge is -2.04. The highest BCUT2D eigenvalue weighted by Crippen LogP contribution is 2.16. The molecule has 0 bridgehead atoms. The fraction of sp³-hybridized carbons (Fsp3) is 0.333. The molecule has 1 amide bonds. The number of benzene rings is 1. The predicted molar refractivity (Wildman–Crippen MR) is 97.0 cm³/mol. The SMILES string of the molecule is CCn1cc(Br)c(CNC(=O)/C=C/c2ccc(C(C)C)cc2)n1. The van der Waals surface area contributed by atoms with Crippen molar-refractivity contribution in [2.75, 3.05) is 0 Å². The van der Waals surface area contributed by atoms with Gasteiger partial charge in [0.15, 0.2) is 0 Å². The molecule has 1 N–H and O–H groups in total. The third kappa shape index (κ3) is 5.06. The molecule has 23 heavy (non-hydrogen) atoms. The average molecular weight is 376 g/mol. The Morgan fingerprint density at radius 3 is 2.61 bits per heavy atom. The Balaban J connectivity index is 1.89. The number of rotatable bonds is 6. The Bertz CT molecular complexity index is 687. The lowest BCUT2D eigenvalue weighted by molar-refractivity contribution is -0.116. The molecule has 0 saturated carbocycles. The van der Waals surface area contributed by atoms with Crippen LogP contribution in [-0.2, 0) is 17.9 Å². The van der Waals surface area contributed by atoms with Gasteiger partial charge in [0.25, 0.3) is 0 Å². The van der Waals surface area contributed by atoms with Crippen LogP contribution >= 0.6 is 15.9 Å². The largest absolute Gasteiger partial charge is 0.347 e. The number of aryl methyl sites for hydroxylation is 1. The van der Waals surface area contributed by atoms with E-state index in [0.29, 0.717) is 12.5 Å². The molecule has 0 saturated heterocycles. The highest BCUT2D eigenvalue weighted by molar-refractivity contribution is 9.10. The summed E-state index contributed by atoms with van der Waals surface area (Å²) < 4.78 is 2.74. The van der Waals surface area contributed by atoms with Crippen LogP contribution < -0.4 is 5.32 Å². The fourth-order valence-corrected chi connectivity index (χ4v) is 2.57. The Labute approximate surface area is 145 Å². The van der Waals surface area contributed by atoms with Gasteiger partial charge in [0.1, 0.15) is 0 Å². The van der Waals surface area contributed by atoms with Gasteiger partial charge in [-0.25, -0.2) is 0 Å². The topological polar surface area (TPSA) is 46.9 Å². The van der Waals surface area contributed by atoms with E-state index < -0.39 is 0 Å². The third-order valence-electron chi connectivity index (χ3n) is 3.57. The maximum Gasteiger partial charge on any atom is 0.244 e. The van der Waals surface area contributed by atoms with Crippen LogP contribution in [0.1, 0.15) is 43.5 Å². The second-order valence-corrected chi connectivity index (χ2v) is 6.51. The van der Waals surface area contributed by atoms with Gasteiger partial charge >= 0.3 is 0 Å². The molecule has 0 atom stereocenters. The van der Waals surface area contributed by atoms with Gasteiger partial charge in [-0.3, -0.25) is 9.48 Å². The fourth-order valence-electron chi connectivity index (χ4n) is 2.11. The van der Waals surface area contributed by atoms with Crippen LogP contribution in [-0.4, -0.2) is 15.7 Å². The van der Waals surface area contributed by atoms with Crippen molar-refractivity contribution in [3.63, 3.8) is 0 Å². The molecule has 0 aliphatic rings. The molecule has 0 unspecified atom stereocenters. The van der Waals surface area contributed by atoms with Gasteiger partial charge in [0.05, 0.1) is 16.7 Å². The van der Waals surface area contributed by atoms with Crippen LogP contribution in [0.2, 0.25) is 0 Å². The molecule has 0 radical (unpaired) electrons. The zero-order valence-corrected chi connectivity index (χ0v) is 15.3. The first kappa shape index (κ1) is 17.5. The van der Waals surface area contributed by atoms with Gasteiger partial charge in [-0.05, 0) is 46.0 Å². The van der Waals surface area contributed by atoms with Crippen molar-refractivity contribution in [3.8, 4) is 0 Å². The molecule has 4 nitrogen and oxygen atoms in total. The summed E-state index contributed by atoms with van der Waals surface area (Å²) in [5.41, 5.74) is 3.14. The maximum atomic E-state index is 11.9. The van der Waals surface area contributed by atoms with E-state index in [1.807, 2.05) is 36.0 Å². The minimum atomic E-state index is -0.129. The number of nitrogens with one attached hydrogen (secondary N) is 1. The first-order chi connectivity index (χ1) is 11.0. The molecule has 0 fully saturated rings. The van der Waals surface area contributed by atoms with E-state index in [-0.39, 0.29) is 5.91 Å². The van der Waals surface area contributed by atoms with E-state index in [1.54, 1.807) is 6.08 Å². The minimum absolute atomic E-state index is 0.129. The number of hydrogen-bond donors (Lipinski definition) is 1. The number of carbonyl (C=O) groups is 1. The molecule has 1 aromatic carbocycles. The Morgan fingerprint density at radius 1 is 1.35 bits per heavy atom. The van der Waals surface area contributed by atoms with Gasteiger partial charge in [-0.15, -0.1) is 0 Å². The number of amides is 1. The van der Waals surface area contributed by atoms with Gasteiger partial charge in [0, 0.05) is 18.8 Å². The maximum absolute atomic E-state index is 11.9. The van der Waals surface area contributed by atoms with Crippen molar-refractivity contribution in [1.29, 1.82) is 0 Å². The summed E-state index contributed by atoms with van der Waals surface area (Å²) in [4.78, 5) is 11.9. The number of aromatic nitrogens is 2. The standard InChI is InChI=1S/C18H22BrN3O/c1-4-22-12-16(19)17(21-22)11-20-18(23)10-7-14-5-8-15(9-6-14)13(2)3/h5-10,12-13H,4,11H2,1-3H3,(H,20,23)/b10-7+. The summed E-state index contributed by atoms with van der Waals surface area (Å²) in [5.74, 6) is 0.383. The number of nitrogens with zero attached hydrogens (tertiary/aromatic N) is 2. The normalized spacial score (nSPS) is 11.3. The van der Waals surface area contributed by atoms with Gasteiger partial charge in [-0.1, -0.05) is 38.1 Å². The third-order valence-corrected chi connectivity index (χ3v) is 4.23. The smallest absolute Gasteiger partial charge is 0.244 e. The second-order valence-electron chi connectivity index (χ2n) is 5.65. The molecule has 2 rings (SSSR count). The van der Waals surface area contributed by atoms with E-state index in [4.69, 9.17) is 0 Å². The molecule has 0 aliphatic heterocycles. The highest BCUT2D eigenvalue weighted by atomic mass is 79.9. The summed E-state index contributed by atoms with van der Waals surface area (Å²) in [5, 5.41) is 7.22. The van der Waals surface area contributed by atoms with Gasteiger partial charge < -0.3 is 5.32 Å². The van der Waals surface area contributed by atoms with Crippen molar-refractivity contribution < 1.29 is 4.79 Å². The molecular weight excluding hydrogens is 354 g/mol. The molecule has 0 spiro atoms.